The summed E-state index contributed by atoms with van der Waals surface area (Å²) in [5.41, 5.74) is 8.76. The summed E-state index contributed by atoms with van der Waals surface area (Å²) in [6.45, 7) is 28.5. The van der Waals surface area contributed by atoms with E-state index in [4.69, 9.17) is 19.7 Å². The minimum atomic E-state index is 0. The molecule has 0 fully saturated rings. The molecule has 0 N–H and O–H groups in total. The van der Waals surface area contributed by atoms with Gasteiger partial charge in [-0.1, -0.05) is 90.5 Å². The molecule has 6 aromatic rings. The van der Waals surface area contributed by atoms with Gasteiger partial charge in [0.1, 0.15) is 0 Å². The van der Waals surface area contributed by atoms with Gasteiger partial charge in [-0.05, 0) is 12.1 Å². The van der Waals surface area contributed by atoms with Crippen molar-refractivity contribution in [3.63, 3.8) is 0 Å². The van der Waals surface area contributed by atoms with E-state index in [1.165, 1.54) is 0 Å². The molecule has 0 unspecified atom stereocenters. The van der Waals surface area contributed by atoms with Crippen LogP contribution in [0.5, 0.6) is 0 Å². The average Bonchev–Trinajstić information content (AvgIpc) is 3.89. The minimum Gasteiger partial charge on any atom is -0.501 e. The summed E-state index contributed by atoms with van der Waals surface area (Å²) in [7, 11) is 0. The second kappa shape index (κ2) is 18.0. The first-order chi connectivity index (χ1) is 29.5. The van der Waals surface area contributed by atoms with Crippen LogP contribution in [0, 0.1) is 79.2 Å². The van der Waals surface area contributed by atoms with E-state index < -0.39 is 0 Å². The number of rotatable bonds is 9. The van der Waals surface area contributed by atoms with Gasteiger partial charge in [0.2, 0.25) is 0 Å². The molecular weight excluding hydrogens is 847 g/mol. The number of para-hydroxylation sites is 2. The molecule has 8 rings (SSSR count). The maximum absolute atomic E-state index is 10.4. The van der Waals surface area contributed by atoms with Crippen molar-refractivity contribution in [1.29, 1.82) is 15.8 Å². The Morgan fingerprint density at radius 1 is 0.508 bits per heavy atom. The van der Waals surface area contributed by atoms with Crippen LogP contribution < -0.4 is 9.80 Å². The molecule has 2 heterocycles. The monoisotopic (exact) mass is 874 g/mol. The Morgan fingerprint density at radius 2 is 0.951 bits per heavy atom. The Hall–Kier alpha value is -8.40. The van der Waals surface area contributed by atoms with Crippen LogP contribution >= 0.6 is 0 Å². The summed E-state index contributed by atoms with van der Waals surface area (Å²) in [6, 6.07) is 52.9. The molecule has 61 heavy (non-hydrogen) atoms. The maximum Gasteiger partial charge on any atom is 0.196 e. The number of benzene rings is 6. The largest absolute Gasteiger partial charge is 0.501 e. The van der Waals surface area contributed by atoms with Crippen LogP contribution in [-0.4, -0.2) is 22.9 Å². The molecule has 0 saturated heterocycles. The predicted molar refractivity (Wildman–Crippen MR) is 230 cm³/mol. The molecule has 11 heteroatoms. The van der Waals surface area contributed by atoms with Crippen molar-refractivity contribution in [2.24, 2.45) is 0 Å². The quantitative estimate of drug-likeness (QED) is 0.105. The van der Waals surface area contributed by atoms with Crippen molar-refractivity contribution in [1.82, 2.24) is 9.80 Å². The summed E-state index contributed by atoms with van der Waals surface area (Å²) in [4.78, 5) is 19.3. The van der Waals surface area contributed by atoms with E-state index in [2.05, 4.69) is 44.9 Å². The Balaban J connectivity index is 0.00000561. The molecule has 0 atom stereocenters. The fourth-order valence-electron chi connectivity index (χ4n) is 7.44. The zero-order valence-electron chi connectivity index (χ0n) is 32.1. The van der Waals surface area contributed by atoms with Gasteiger partial charge in [-0.15, -0.1) is 23.5 Å². The molecule has 2 aliphatic rings. The molecule has 0 radical (unpaired) electrons. The number of anilines is 2. The van der Waals surface area contributed by atoms with E-state index in [0.717, 1.165) is 0 Å². The molecule has 10 nitrogen and oxygen atoms in total. The molecular formula is C50H28N10Pd-4. The molecule has 0 aliphatic carbocycles. The first-order valence-corrected chi connectivity index (χ1v) is 18.6. The Bertz CT molecular complexity index is 2810. The molecule has 0 spiro atoms. The first kappa shape index (κ1) is 40.8. The normalized spacial score (nSPS) is 13.1. The summed E-state index contributed by atoms with van der Waals surface area (Å²) >= 11 is 0. The molecule has 0 bridgehead atoms. The average molecular weight is 875 g/mol. The van der Waals surface area contributed by atoms with Crippen LogP contribution in [-0.2, 0) is 20.4 Å². The zero-order chi connectivity index (χ0) is 41.6. The minimum absolute atomic E-state index is 0. The van der Waals surface area contributed by atoms with E-state index >= 15 is 0 Å². The van der Waals surface area contributed by atoms with Gasteiger partial charge in [0, 0.05) is 78.6 Å². The first-order valence-electron chi connectivity index (χ1n) is 18.6. The third-order valence-electron chi connectivity index (χ3n) is 10.1. The van der Waals surface area contributed by atoms with Crippen molar-refractivity contribution in [2.75, 3.05) is 22.9 Å². The predicted octanol–water partition coefficient (Wildman–Crippen LogP) is 10.8. The van der Waals surface area contributed by atoms with Gasteiger partial charge in [0.15, 0.2) is 11.4 Å². The van der Waals surface area contributed by atoms with E-state index in [1.807, 2.05) is 93.6 Å². The Morgan fingerprint density at radius 3 is 1.48 bits per heavy atom. The van der Waals surface area contributed by atoms with E-state index in [-0.39, 0.29) is 20.4 Å². The van der Waals surface area contributed by atoms with Gasteiger partial charge < -0.3 is 19.6 Å². The topological polar surface area (TPSA) is 97.4 Å². The molecule has 0 aromatic heterocycles. The fraction of sp³-hybridized carbons (Fsp3) is 0.0400. The summed E-state index contributed by atoms with van der Waals surface area (Å²) in [5.74, 6) is 0. The summed E-state index contributed by atoms with van der Waals surface area (Å²) < 4.78 is 0. The standard InChI is InChI=1S/C50H28N10.Pd/c1-54-38-17-13-19-40(29-38)60-33-57(47(41-20-6-4-15-36(41)31-52)49(60)42-21-7-5-16-37(42)32-53)26-27-58-34-59(39-18-12-14-35(28-39)30-51)50(44-23-9-11-25-46(44)56-3)48(58)43-22-8-10-24-45(43)55-2;/h4-17,20-25,28-29,33-34H,26-27H2;/q-4;. The van der Waals surface area contributed by atoms with Gasteiger partial charge in [-0.2, -0.15) is 65.5 Å². The van der Waals surface area contributed by atoms with Crippen molar-refractivity contribution in [3.8, 4) is 18.2 Å². The van der Waals surface area contributed by atoms with E-state index in [0.29, 0.717) is 103 Å². The number of hydrogen-bond donors (Lipinski definition) is 0. The van der Waals surface area contributed by atoms with E-state index in [1.54, 1.807) is 72.8 Å². The van der Waals surface area contributed by atoms with Gasteiger partial charge in [-0.25, -0.2) is 9.69 Å². The Labute approximate surface area is 368 Å². The molecule has 292 valence electrons. The van der Waals surface area contributed by atoms with Gasteiger partial charge in [0.05, 0.1) is 54.7 Å². The van der Waals surface area contributed by atoms with Gasteiger partial charge in [0.25, 0.3) is 0 Å². The third-order valence-corrected chi connectivity index (χ3v) is 10.1. The van der Waals surface area contributed by atoms with Gasteiger partial charge in [-0.3, -0.25) is 4.85 Å². The second-order valence-corrected chi connectivity index (χ2v) is 13.4. The third kappa shape index (κ3) is 7.68. The summed E-state index contributed by atoms with van der Waals surface area (Å²) in [6.07, 6.45) is 0. The molecule has 0 amide bonds. The van der Waals surface area contributed by atoms with Crippen molar-refractivity contribution in [2.45, 2.75) is 0 Å². The second-order valence-electron chi connectivity index (χ2n) is 13.4. The van der Waals surface area contributed by atoms with Crippen LogP contribution in [0.4, 0.5) is 28.4 Å². The van der Waals surface area contributed by atoms with Crippen LogP contribution in [0.3, 0.4) is 0 Å². The van der Waals surface area contributed by atoms with Crippen molar-refractivity contribution >= 4 is 51.2 Å². The van der Waals surface area contributed by atoms with Crippen LogP contribution in [0.25, 0.3) is 37.3 Å². The smallest absolute Gasteiger partial charge is 0.196 e. The van der Waals surface area contributed by atoms with Crippen LogP contribution in [0.2, 0.25) is 0 Å². The van der Waals surface area contributed by atoms with Crippen LogP contribution in [0.15, 0.2) is 133 Å². The Kier molecular flexibility index (Phi) is 12.1. The molecule has 2 aliphatic heterocycles. The number of nitrogens with zero attached hydrogens (tertiary/aromatic N) is 10. The summed E-state index contributed by atoms with van der Waals surface area (Å²) in [5, 5.41) is 30.7. The molecule has 6 aromatic carbocycles. The van der Waals surface area contributed by atoms with Crippen LogP contribution in [0.1, 0.15) is 38.9 Å². The van der Waals surface area contributed by atoms with Crippen molar-refractivity contribution in [3.05, 3.63) is 232 Å². The van der Waals surface area contributed by atoms with Gasteiger partial charge >= 0.3 is 0 Å². The SMILES string of the molecule is [C-]#[N+]c1cc[c-]c(N2[CH-]N(CCN3[CH-]N(c4[c-]ccc(C#N)c4)C(c4ccccc4[N+]#[C-])=C3c3ccccc3[N+]#[C-])C(c3ccccc3C#N)=C2c2ccccc2C#N)c1.[Pd]. The van der Waals surface area contributed by atoms with Crippen molar-refractivity contribution < 1.29 is 20.4 Å². The zero-order valence-corrected chi connectivity index (χ0v) is 33.6. The fourth-order valence-corrected chi connectivity index (χ4v) is 7.44. The van der Waals surface area contributed by atoms with E-state index in [9.17, 15) is 15.8 Å². The molecule has 0 saturated carbocycles. The number of nitriles is 3. The number of hydrogen-bond acceptors (Lipinski definition) is 7. The maximum atomic E-state index is 10.4.